The van der Waals surface area contributed by atoms with Gasteiger partial charge < -0.3 is 10.2 Å². The van der Waals surface area contributed by atoms with Crippen molar-refractivity contribution in [2.75, 3.05) is 19.7 Å². The summed E-state index contributed by atoms with van der Waals surface area (Å²) in [6, 6.07) is 6.34. The zero-order chi connectivity index (χ0) is 19.3. The van der Waals surface area contributed by atoms with Crippen molar-refractivity contribution in [2.45, 2.75) is 25.6 Å². The number of benzene rings is 1. The summed E-state index contributed by atoms with van der Waals surface area (Å²) in [5.41, 5.74) is 3.29. The fraction of sp³-hybridized carbons (Fsp3) is 0.562. The van der Waals surface area contributed by atoms with E-state index in [1.807, 2.05) is 7.05 Å². The second-order valence-electron chi connectivity index (χ2n) is 6.26. The van der Waals surface area contributed by atoms with E-state index >= 15 is 0 Å². The van der Waals surface area contributed by atoms with Crippen molar-refractivity contribution in [3.05, 3.63) is 23.8 Å². The van der Waals surface area contributed by atoms with Gasteiger partial charge in [-0.15, -0.1) is 5.10 Å². The van der Waals surface area contributed by atoms with Crippen molar-refractivity contribution in [1.82, 2.24) is 19.9 Å². The number of aliphatic carboxylic acids is 1. The normalized spacial score (nSPS) is 18.4. The predicted molar refractivity (Wildman–Crippen MR) is 87.3 cm³/mol. The van der Waals surface area contributed by atoms with Crippen LogP contribution in [0.5, 0.6) is 0 Å². The van der Waals surface area contributed by atoms with Gasteiger partial charge in [0.1, 0.15) is 5.52 Å². The Kier molecular flexibility index (Phi) is 6.54. The summed E-state index contributed by atoms with van der Waals surface area (Å²) in [5, 5.41) is 24.6. The SMILES string of the molecule is Cn1nnc2cc(CN3CCCC(CO)C3)ccc21.O=C(O)C(F)(F)F. The Morgan fingerprint density at radius 2 is 2.08 bits per heavy atom. The van der Waals surface area contributed by atoms with Crippen LogP contribution in [0.1, 0.15) is 18.4 Å². The van der Waals surface area contributed by atoms with E-state index in [0.29, 0.717) is 12.5 Å². The average molecular weight is 374 g/mol. The number of alkyl halides is 3. The lowest BCUT2D eigenvalue weighted by Gasteiger charge is -2.31. The van der Waals surface area contributed by atoms with Crippen molar-refractivity contribution in [3.63, 3.8) is 0 Å². The van der Waals surface area contributed by atoms with Crippen LogP contribution in [0.15, 0.2) is 18.2 Å². The molecule has 0 bridgehead atoms. The Labute approximate surface area is 148 Å². The number of fused-ring (bicyclic) bond motifs is 1. The number of aryl methyl sites for hydroxylation is 1. The lowest BCUT2D eigenvalue weighted by atomic mass is 9.98. The van der Waals surface area contributed by atoms with E-state index in [1.54, 1.807) is 4.68 Å². The second kappa shape index (κ2) is 8.45. The molecule has 1 aromatic heterocycles. The largest absolute Gasteiger partial charge is 0.490 e. The average Bonchev–Trinajstić information content (AvgIpc) is 2.95. The molecule has 1 aliphatic rings. The molecule has 1 aromatic carbocycles. The molecule has 144 valence electrons. The van der Waals surface area contributed by atoms with Gasteiger partial charge in [-0.25, -0.2) is 9.48 Å². The lowest BCUT2D eigenvalue weighted by Crippen LogP contribution is -2.36. The third-order valence-electron chi connectivity index (χ3n) is 4.19. The molecule has 0 aliphatic carbocycles. The van der Waals surface area contributed by atoms with Crippen LogP contribution in [0, 0.1) is 5.92 Å². The number of carboxylic acids is 1. The highest BCUT2D eigenvalue weighted by Crippen LogP contribution is 2.19. The molecule has 10 heteroatoms. The number of piperidine rings is 1. The number of carbonyl (C=O) groups is 1. The first-order valence-electron chi connectivity index (χ1n) is 8.12. The number of hydrogen-bond acceptors (Lipinski definition) is 5. The Bertz CT molecular complexity index is 748. The molecule has 2 N–H and O–H groups in total. The molecule has 3 rings (SSSR count). The highest BCUT2D eigenvalue weighted by Gasteiger charge is 2.38. The molecule has 1 atom stereocenters. The minimum Gasteiger partial charge on any atom is -0.475 e. The number of aromatic nitrogens is 3. The van der Waals surface area contributed by atoms with Crippen LogP contribution < -0.4 is 0 Å². The number of halogens is 3. The van der Waals surface area contributed by atoms with Gasteiger partial charge in [-0.3, -0.25) is 4.90 Å². The molecule has 0 saturated carbocycles. The number of aliphatic hydroxyl groups excluding tert-OH is 1. The van der Waals surface area contributed by atoms with E-state index in [4.69, 9.17) is 9.90 Å². The summed E-state index contributed by atoms with van der Waals surface area (Å²) < 4.78 is 33.5. The topological polar surface area (TPSA) is 91.5 Å². The van der Waals surface area contributed by atoms with Gasteiger partial charge in [0.2, 0.25) is 0 Å². The maximum atomic E-state index is 10.6. The first-order chi connectivity index (χ1) is 12.2. The Balaban J connectivity index is 0.000000298. The van der Waals surface area contributed by atoms with Crippen LogP contribution in [0.4, 0.5) is 13.2 Å². The Morgan fingerprint density at radius 3 is 2.69 bits per heavy atom. The summed E-state index contributed by atoms with van der Waals surface area (Å²) in [5.74, 6) is -2.32. The van der Waals surface area contributed by atoms with Crippen molar-refractivity contribution in [3.8, 4) is 0 Å². The van der Waals surface area contributed by atoms with E-state index in [2.05, 4.69) is 33.4 Å². The number of aliphatic hydroxyl groups is 1. The van der Waals surface area contributed by atoms with Crippen molar-refractivity contribution >= 4 is 17.0 Å². The third-order valence-corrected chi connectivity index (χ3v) is 4.19. The summed E-state index contributed by atoms with van der Waals surface area (Å²) in [4.78, 5) is 11.3. The fourth-order valence-electron chi connectivity index (χ4n) is 2.89. The molecular weight excluding hydrogens is 353 g/mol. The van der Waals surface area contributed by atoms with Gasteiger partial charge >= 0.3 is 12.1 Å². The molecule has 0 amide bonds. The Hall–Kier alpha value is -2.20. The van der Waals surface area contributed by atoms with E-state index < -0.39 is 12.1 Å². The first kappa shape index (κ1) is 20.1. The minimum atomic E-state index is -5.08. The van der Waals surface area contributed by atoms with Crippen molar-refractivity contribution in [1.29, 1.82) is 0 Å². The monoisotopic (exact) mass is 374 g/mol. The molecule has 2 heterocycles. The molecule has 26 heavy (non-hydrogen) atoms. The summed E-state index contributed by atoms with van der Waals surface area (Å²) in [7, 11) is 1.91. The molecule has 1 saturated heterocycles. The van der Waals surface area contributed by atoms with Crippen molar-refractivity contribution < 1.29 is 28.2 Å². The maximum Gasteiger partial charge on any atom is 0.490 e. The van der Waals surface area contributed by atoms with Crippen LogP contribution in [0.3, 0.4) is 0 Å². The first-order valence-corrected chi connectivity index (χ1v) is 8.12. The standard InChI is InChI=1S/C14H20N4O.C2HF3O2/c1-17-14-5-4-11(7-13(14)15-16-17)8-18-6-2-3-12(9-18)10-19;3-2(4,5)1(6)7/h4-5,7,12,19H,2-3,6,8-10H2,1H3;(H,6,7). The van der Waals surface area contributed by atoms with Crippen LogP contribution >= 0.6 is 0 Å². The molecular formula is C16H21F3N4O3. The molecule has 0 spiro atoms. The fourth-order valence-corrected chi connectivity index (χ4v) is 2.89. The molecule has 1 unspecified atom stereocenters. The lowest BCUT2D eigenvalue weighted by molar-refractivity contribution is -0.192. The third kappa shape index (κ3) is 5.40. The highest BCUT2D eigenvalue weighted by atomic mass is 19.4. The van der Waals surface area contributed by atoms with E-state index in [-0.39, 0.29) is 0 Å². The second-order valence-corrected chi connectivity index (χ2v) is 6.26. The molecule has 1 aliphatic heterocycles. The number of carboxylic acid groups (broad SMARTS) is 1. The van der Waals surface area contributed by atoms with Gasteiger partial charge in [-0.1, -0.05) is 11.3 Å². The van der Waals surface area contributed by atoms with Gasteiger partial charge in [0.25, 0.3) is 0 Å². The van der Waals surface area contributed by atoms with Crippen molar-refractivity contribution in [2.24, 2.45) is 13.0 Å². The van der Waals surface area contributed by atoms with Gasteiger partial charge in [-0.2, -0.15) is 13.2 Å². The zero-order valence-electron chi connectivity index (χ0n) is 14.3. The van der Waals surface area contributed by atoms with Gasteiger partial charge in [-0.05, 0) is 43.0 Å². The van der Waals surface area contributed by atoms with Crippen LogP contribution in [-0.4, -0.2) is 61.9 Å². The van der Waals surface area contributed by atoms with Crippen LogP contribution in [-0.2, 0) is 18.4 Å². The molecule has 7 nitrogen and oxygen atoms in total. The number of likely N-dealkylation sites (tertiary alicyclic amines) is 1. The smallest absolute Gasteiger partial charge is 0.475 e. The minimum absolute atomic E-state index is 0.305. The van der Waals surface area contributed by atoms with Gasteiger partial charge in [0.05, 0.1) is 5.52 Å². The van der Waals surface area contributed by atoms with E-state index in [9.17, 15) is 18.3 Å². The van der Waals surface area contributed by atoms with Gasteiger partial charge in [0.15, 0.2) is 0 Å². The van der Waals surface area contributed by atoms with E-state index in [1.165, 1.54) is 12.0 Å². The predicted octanol–water partition coefficient (Wildman–Crippen LogP) is 1.81. The quantitative estimate of drug-likeness (QED) is 0.851. The van der Waals surface area contributed by atoms with Gasteiger partial charge in [0, 0.05) is 26.7 Å². The maximum absolute atomic E-state index is 10.6. The number of rotatable bonds is 3. The van der Waals surface area contributed by atoms with Crippen LogP contribution in [0.25, 0.3) is 11.0 Å². The summed E-state index contributed by atoms with van der Waals surface area (Å²) in [6.07, 6.45) is -2.76. The molecule has 0 radical (unpaired) electrons. The summed E-state index contributed by atoms with van der Waals surface area (Å²) >= 11 is 0. The zero-order valence-corrected chi connectivity index (χ0v) is 14.3. The highest BCUT2D eigenvalue weighted by molar-refractivity contribution is 5.74. The van der Waals surface area contributed by atoms with Crippen LogP contribution in [0.2, 0.25) is 0 Å². The summed E-state index contributed by atoms with van der Waals surface area (Å²) in [6.45, 7) is 3.35. The number of hydrogen-bond donors (Lipinski definition) is 2. The number of nitrogens with zero attached hydrogens (tertiary/aromatic N) is 4. The van der Waals surface area contributed by atoms with E-state index in [0.717, 1.165) is 37.1 Å². The Morgan fingerprint density at radius 1 is 1.38 bits per heavy atom. The molecule has 2 aromatic rings. The molecule has 1 fully saturated rings.